The van der Waals surface area contributed by atoms with Crippen LogP contribution in [0.1, 0.15) is 34.8 Å². The Morgan fingerprint density at radius 1 is 0.857 bits per heavy atom. The van der Waals surface area contributed by atoms with Gasteiger partial charge < -0.3 is 26.9 Å². The summed E-state index contributed by atoms with van der Waals surface area (Å²) in [5, 5.41) is 3.36. The number of hydrogen-bond acceptors (Lipinski definition) is 4. The standard InChI is InChI=1S/C29H31N2O3.ClH/c32-26(22-10-4-1-5-11-22)20-31-18-16-23(17-19-31)27(21-31)34-29(33)28(24-12-6-2-7-13-24)30-25-14-8-3-9-15-25;/h1-15,23,27-28,30H,16-21H2;1H/q+1;/p-1/t23?,27-,28+,31?;/m0./s1. The van der Waals surface area contributed by atoms with E-state index < -0.39 is 6.04 Å². The van der Waals surface area contributed by atoms with Crippen molar-refractivity contribution in [3.8, 4) is 0 Å². The molecule has 0 saturated carbocycles. The highest BCUT2D eigenvalue weighted by Crippen LogP contribution is 2.36. The van der Waals surface area contributed by atoms with E-state index in [-0.39, 0.29) is 30.3 Å². The van der Waals surface area contributed by atoms with Crippen LogP contribution in [0, 0.1) is 5.92 Å². The van der Waals surface area contributed by atoms with Crippen LogP contribution >= 0.6 is 0 Å². The van der Waals surface area contributed by atoms with E-state index in [1.54, 1.807) is 0 Å². The molecule has 0 amide bonds. The molecule has 0 aromatic heterocycles. The number of ketones is 1. The van der Waals surface area contributed by atoms with Gasteiger partial charge in [0.05, 0.1) is 13.1 Å². The van der Waals surface area contributed by atoms with Crippen LogP contribution in [0.15, 0.2) is 91.0 Å². The van der Waals surface area contributed by atoms with Gasteiger partial charge in [-0.15, -0.1) is 0 Å². The topological polar surface area (TPSA) is 55.4 Å². The number of piperidine rings is 3. The van der Waals surface area contributed by atoms with Gasteiger partial charge >= 0.3 is 5.97 Å². The molecule has 0 aliphatic carbocycles. The van der Waals surface area contributed by atoms with Crippen molar-refractivity contribution in [2.45, 2.75) is 25.0 Å². The summed E-state index contributed by atoms with van der Waals surface area (Å²) in [7, 11) is 0. The molecular weight excluding hydrogens is 460 g/mol. The lowest BCUT2D eigenvalue weighted by atomic mass is 9.82. The first-order valence-electron chi connectivity index (χ1n) is 12.1. The van der Waals surface area contributed by atoms with Crippen LogP contribution < -0.4 is 17.7 Å². The Kier molecular flexibility index (Phi) is 7.89. The number of halogens is 1. The van der Waals surface area contributed by atoms with Crippen LogP contribution in [0.5, 0.6) is 0 Å². The number of carbonyl (C=O) groups excluding carboxylic acids is 2. The number of anilines is 1. The zero-order chi connectivity index (χ0) is 23.4. The van der Waals surface area contributed by atoms with E-state index in [2.05, 4.69) is 5.32 Å². The van der Waals surface area contributed by atoms with Crippen molar-refractivity contribution >= 4 is 17.4 Å². The first-order valence-corrected chi connectivity index (χ1v) is 12.1. The predicted molar refractivity (Wildman–Crippen MR) is 132 cm³/mol. The number of nitrogens with zero attached hydrogens (tertiary/aromatic N) is 1. The van der Waals surface area contributed by atoms with Crippen LogP contribution in [0.2, 0.25) is 0 Å². The molecule has 3 aliphatic heterocycles. The van der Waals surface area contributed by atoms with Crippen LogP contribution in [0.25, 0.3) is 0 Å². The van der Waals surface area contributed by atoms with Crippen molar-refractivity contribution in [1.82, 2.24) is 0 Å². The van der Waals surface area contributed by atoms with Crippen LogP contribution in [0.4, 0.5) is 5.69 Å². The van der Waals surface area contributed by atoms with E-state index in [9.17, 15) is 9.59 Å². The number of nitrogens with one attached hydrogen (secondary N) is 1. The molecule has 0 radical (unpaired) electrons. The molecule has 2 atom stereocenters. The van der Waals surface area contributed by atoms with Gasteiger partial charge in [0.15, 0.2) is 12.1 Å². The monoisotopic (exact) mass is 490 g/mol. The first-order chi connectivity index (χ1) is 16.6. The fourth-order valence-electron chi connectivity index (χ4n) is 5.44. The summed E-state index contributed by atoms with van der Waals surface area (Å²) in [6, 6.07) is 28.4. The molecule has 6 heteroatoms. The smallest absolute Gasteiger partial charge is 0.333 e. The number of esters is 1. The Morgan fingerprint density at radius 3 is 2.06 bits per heavy atom. The second kappa shape index (κ2) is 11.1. The van der Waals surface area contributed by atoms with E-state index in [0.717, 1.165) is 42.7 Å². The number of hydrogen-bond donors (Lipinski definition) is 1. The summed E-state index contributed by atoms with van der Waals surface area (Å²) in [6.07, 6.45) is 1.81. The van der Waals surface area contributed by atoms with E-state index in [0.29, 0.717) is 23.5 Å². The Labute approximate surface area is 213 Å². The van der Waals surface area contributed by atoms with E-state index in [1.807, 2.05) is 91.0 Å². The maximum Gasteiger partial charge on any atom is 0.333 e. The summed E-state index contributed by atoms with van der Waals surface area (Å²) in [4.78, 5) is 26.5. The van der Waals surface area contributed by atoms with Crippen molar-refractivity contribution in [2.75, 3.05) is 31.5 Å². The third-order valence-electron chi connectivity index (χ3n) is 7.34. The maximum atomic E-state index is 13.5. The highest BCUT2D eigenvalue weighted by atomic mass is 35.5. The number of benzene rings is 3. The normalized spacial score (nSPS) is 23.5. The van der Waals surface area contributed by atoms with Gasteiger partial charge in [-0.2, -0.15) is 0 Å². The van der Waals surface area contributed by atoms with Gasteiger partial charge in [-0.25, -0.2) is 4.79 Å². The van der Waals surface area contributed by atoms with Crippen molar-refractivity contribution in [2.24, 2.45) is 5.92 Å². The molecule has 0 spiro atoms. The Bertz CT molecular complexity index is 1120. The van der Waals surface area contributed by atoms with Gasteiger partial charge in [0.25, 0.3) is 0 Å². The van der Waals surface area contributed by atoms with Gasteiger partial charge in [-0.1, -0.05) is 78.9 Å². The van der Waals surface area contributed by atoms with Crippen LogP contribution in [-0.2, 0) is 9.53 Å². The molecule has 6 rings (SSSR count). The van der Waals surface area contributed by atoms with Crippen molar-refractivity contribution < 1.29 is 31.2 Å². The second-order valence-electron chi connectivity index (χ2n) is 9.59. The second-order valence-corrected chi connectivity index (χ2v) is 9.59. The number of ether oxygens (including phenoxy) is 1. The van der Waals surface area contributed by atoms with E-state index in [1.165, 1.54) is 0 Å². The number of fused-ring (bicyclic) bond motifs is 3. The molecule has 1 N–H and O–H groups in total. The van der Waals surface area contributed by atoms with Crippen molar-refractivity contribution in [3.05, 3.63) is 102 Å². The maximum absolute atomic E-state index is 13.5. The molecule has 35 heavy (non-hydrogen) atoms. The van der Waals surface area contributed by atoms with Gasteiger partial charge in [-0.05, 0) is 17.7 Å². The lowest BCUT2D eigenvalue weighted by molar-refractivity contribution is -0.938. The molecule has 3 heterocycles. The minimum atomic E-state index is -0.585. The van der Waals surface area contributed by atoms with Crippen LogP contribution in [0.3, 0.4) is 0 Å². The molecule has 3 aliphatic rings. The highest BCUT2D eigenvalue weighted by molar-refractivity contribution is 5.97. The molecule has 5 nitrogen and oxygen atoms in total. The molecule has 182 valence electrons. The van der Waals surface area contributed by atoms with Gasteiger partial charge in [0, 0.05) is 30.0 Å². The summed E-state index contributed by atoms with van der Waals surface area (Å²) >= 11 is 0. The van der Waals surface area contributed by atoms with Crippen molar-refractivity contribution in [3.63, 3.8) is 0 Å². The number of para-hydroxylation sites is 1. The molecule has 0 unspecified atom stereocenters. The minimum Gasteiger partial charge on any atom is -1.00 e. The van der Waals surface area contributed by atoms with Gasteiger partial charge in [0.2, 0.25) is 5.78 Å². The average Bonchev–Trinajstić information content (AvgIpc) is 2.89. The predicted octanol–water partition coefficient (Wildman–Crippen LogP) is 1.88. The summed E-state index contributed by atoms with van der Waals surface area (Å²) in [5.41, 5.74) is 2.51. The zero-order valence-electron chi connectivity index (χ0n) is 19.7. The summed E-state index contributed by atoms with van der Waals surface area (Å²) in [6.45, 7) is 3.13. The molecule has 3 fully saturated rings. The summed E-state index contributed by atoms with van der Waals surface area (Å²) < 4.78 is 6.91. The minimum absolute atomic E-state index is 0. The molecule has 3 aromatic carbocycles. The first kappa shape index (κ1) is 25.0. The Morgan fingerprint density at radius 2 is 1.43 bits per heavy atom. The van der Waals surface area contributed by atoms with Gasteiger partial charge in [-0.3, -0.25) is 4.79 Å². The number of Topliss-reactive ketones (excluding diaryl/α,β-unsaturated/α-hetero) is 1. The zero-order valence-corrected chi connectivity index (χ0v) is 20.4. The lowest BCUT2D eigenvalue weighted by Crippen LogP contribution is -3.00. The van der Waals surface area contributed by atoms with Gasteiger partial charge in [0.1, 0.15) is 13.1 Å². The fourth-order valence-corrected chi connectivity index (χ4v) is 5.44. The highest BCUT2D eigenvalue weighted by Gasteiger charge is 2.49. The Balaban J connectivity index is 0.00000289. The number of quaternary nitrogens is 1. The molecule has 3 aromatic rings. The third-order valence-corrected chi connectivity index (χ3v) is 7.34. The molecule has 2 bridgehead atoms. The Hall–Kier alpha value is -3.15. The fraction of sp³-hybridized carbons (Fsp3) is 0.310. The molecular formula is C29H31ClN2O3. The van der Waals surface area contributed by atoms with E-state index >= 15 is 0 Å². The largest absolute Gasteiger partial charge is 1.00 e. The SMILES string of the molecule is O=C(C[N+]12CCC(CC1)[C@@H](OC(=O)[C@H](Nc1ccccc1)c1ccccc1)C2)c1ccccc1.[Cl-]. The third kappa shape index (κ3) is 5.75. The molecule has 3 saturated heterocycles. The number of rotatable bonds is 8. The summed E-state index contributed by atoms with van der Waals surface area (Å²) in [5.74, 6) is 0.268. The quantitative estimate of drug-likeness (QED) is 0.297. The van der Waals surface area contributed by atoms with Crippen molar-refractivity contribution in [1.29, 1.82) is 0 Å². The number of carbonyl (C=O) groups is 2. The van der Waals surface area contributed by atoms with Crippen LogP contribution in [-0.4, -0.2) is 48.5 Å². The lowest BCUT2D eigenvalue weighted by Gasteiger charge is -2.51. The average molecular weight is 491 g/mol. The van der Waals surface area contributed by atoms with E-state index in [4.69, 9.17) is 4.74 Å².